The highest BCUT2D eigenvalue weighted by Crippen LogP contribution is 2.28. The second-order valence-electron chi connectivity index (χ2n) is 5.12. The largest absolute Gasteiger partial charge is 0.329 e. The summed E-state index contributed by atoms with van der Waals surface area (Å²) in [4.78, 5) is 26.1. The van der Waals surface area contributed by atoms with Gasteiger partial charge >= 0.3 is 5.69 Å². The van der Waals surface area contributed by atoms with Gasteiger partial charge in [-0.05, 0) is 25.7 Å². The third-order valence-corrected chi connectivity index (χ3v) is 4.20. The molecule has 18 heavy (non-hydrogen) atoms. The minimum Gasteiger partial charge on any atom is -0.297 e. The Labute approximate surface area is 111 Å². The molecule has 1 heterocycles. The van der Waals surface area contributed by atoms with E-state index in [2.05, 4.69) is 4.98 Å². The summed E-state index contributed by atoms with van der Waals surface area (Å²) in [5, 5.41) is 0.150. The van der Waals surface area contributed by atoms with E-state index >= 15 is 0 Å². The van der Waals surface area contributed by atoms with Gasteiger partial charge < -0.3 is 0 Å². The normalized spacial score (nSPS) is 16.3. The van der Waals surface area contributed by atoms with Gasteiger partial charge in [0.1, 0.15) is 5.15 Å². The van der Waals surface area contributed by atoms with Crippen LogP contribution in [0, 0.1) is 12.8 Å². The Hall–Kier alpha value is -1.03. The maximum absolute atomic E-state index is 11.9. The van der Waals surface area contributed by atoms with Gasteiger partial charge in [0, 0.05) is 12.1 Å². The van der Waals surface area contributed by atoms with Crippen LogP contribution < -0.4 is 11.2 Å². The molecule has 0 radical (unpaired) electrons. The van der Waals surface area contributed by atoms with Crippen molar-refractivity contribution in [3.63, 3.8) is 0 Å². The van der Waals surface area contributed by atoms with Crippen molar-refractivity contribution in [2.24, 2.45) is 5.92 Å². The molecule has 0 atom stereocenters. The Morgan fingerprint density at radius 1 is 1.33 bits per heavy atom. The van der Waals surface area contributed by atoms with E-state index < -0.39 is 5.69 Å². The van der Waals surface area contributed by atoms with E-state index in [4.69, 9.17) is 11.6 Å². The first kappa shape index (κ1) is 13.4. The number of hydrogen-bond acceptors (Lipinski definition) is 2. The molecule has 2 rings (SSSR count). The van der Waals surface area contributed by atoms with Crippen LogP contribution in [-0.2, 0) is 6.54 Å². The van der Waals surface area contributed by atoms with E-state index in [0.717, 1.165) is 18.8 Å². The summed E-state index contributed by atoms with van der Waals surface area (Å²) in [6, 6.07) is 0. The number of halogens is 1. The predicted octanol–water partition coefficient (Wildman–Crippen LogP) is 2.47. The molecular weight excluding hydrogens is 252 g/mol. The summed E-state index contributed by atoms with van der Waals surface area (Å²) in [6.45, 7) is 2.12. The average Bonchev–Trinajstić information content (AvgIpc) is 2.84. The van der Waals surface area contributed by atoms with Gasteiger partial charge in [0.2, 0.25) is 0 Å². The predicted molar refractivity (Wildman–Crippen MR) is 72.3 cm³/mol. The van der Waals surface area contributed by atoms with Crippen molar-refractivity contribution in [3.8, 4) is 0 Å². The monoisotopic (exact) mass is 270 g/mol. The zero-order chi connectivity index (χ0) is 13.1. The zero-order valence-corrected chi connectivity index (χ0v) is 11.4. The van der Waals surface area contributed by atoms with E-state index in [0.29, 0.717) is 12.1 Å². The van der Waals surface area contributed by atoms with E-state index in [1.54, 1.807) is 6.92 Å². The molecule has 100 valence electrons. The Kier molecular flexibility index (Phi) is 4.27. The molecular formula is C13H19ClN2O2. The quantitative estimate of drug-likeness (QED) is 0.855. The topological polar surface area (TPSA) is 54.9 Å². The van der Waals surface area contributed by atoms with Crippen LogP contribution in [0.1, 0.15) is 44.1 Å². The Morgan fingerprint density at radius 2 is 2.00 bits per heavy atom. The fraction of sp³-hybridized carbons (Fsp3) is 0.692. The molecule has 0 aromatic carbocycles. The lowest BCUT2D eigenvalue weighted by Gasteiger charge is -2.10. The molecule has 0 aliphatic heterocycles. The van der Waals surface area contributed by atoms with Crippen LogP contribution in [0.15, 0.2) is 9.59 Å². The fourth-order valence-electron chi connectivity index (χ4n) is 2.68. The van der Waals surface area contributed by atoms with Gasteiger partial charge in [-0.3, -0.25) is 14.3 Å². The highest BCUT2D eigenvalue weighted by Gasteiger charge is 2.15. The number of H-pyrrole nitrogens is 1. The third kappa shape index (κ3) is 2.86. The molecule has 1 fully saturated rings. The zero-order valence-electron chi connectivity index (χ0n) is 10.7. The Bertz CT molecular complexity index is 527. The van der Waals surface area contributed by atoms with Gasteiger partial charge in [0.05, 0.1) is 0 Å². The number of nitrogens with zero attached hydrogens (tertiary/aromatic N) is 1. The first-order chi connectivity index (χ1) is 8.59. The lowest BCUT2D eigenvalue weighted by atomic mass is 10.0. The summed E-state index contributed by atoms with van der Waals surface area (Å²) in [5.41, 5.74) is -0.255. The Balaban J connectivity index is 2.03. The standard InChI is InChI=1S/C13H19ClN2O2/c1-9-11(14)15-13(18)16(12(9)17)8-4-7-10-5-2-3-6-10/h10H,2-8H2,1H3,(H,15,18). The summed E-state index contributed by atoms with van der Waals surface area (Å²) >= 11 is 5.76. The number of aromatic amines is 1. The van der Waals surface area contributed by atoms with Gasteiger partial charge in [0.15, 0.2) is 0 Å². The number of rotatable bonds is 4. The smallest absolute Gasteiger partial charge is 0.297 e. The van der Waals surface area contributed by atoms with Gasteiger partial charge in [-0.2, -0.15) is 0 Å². The second kappa shape index (κ2) is 5.74. The molecule has 0 unspecified atom stereocenters. The highest BCUT2D eigenvalue weighted by molar-refractivity contribution is 6.30. The van der Waals surface area contributed by atoms with Gasteiger partial charge in [-0.1, -0.05) is 37.3 Å². The van der Waals surface area contributed by atoms with Crippen LogP contribution >= 0.6 is 11.6 Å². The summed E-state index contributed by atoms with van der Waals surface area (Å²) in [6.07, 6.45) is 7.23. The molecule has 0 bridgehead atoms. The van der Waals surface area contributed by atoms with Crippen LogP contribution in [0.25, 0.3) is 0 Å². The summed E-state index contributed by atoms with van der Waals surface area (Å²) in [7, 11) is 0. The lowest BCUT2D eigenvalue weighted by Crippen LogP contribution is -2.36. The fourth-order valence-corrected chi connectivity index (χ4v) is 2.85. The van der Waals surface area contributed by atoms with E-state index in [-0.39, 0.29) is 10.7 Å². The second-order valence-corrected chi connectivity index (χ2v) is 5.50. The summed E-state index contributed by atoms with van der Waals surface area (Å²) in [5.74, 6) is 0.785. The van der Waals surface area contributed by atoms with Gasteiger partial charge in [-0.25, -0.2) is 4.79 Å². The minimum absolute atomic E-state index is 0.150. The van der Waals surface area contributed by atoms with Crippen LogP contribution in [0.4, 0.5) is 0 Å². The van der Waals surface area contributed by atoms with Crippen molar-refractivity contribution in [2.45, 2.75) is 52.0 Å². The van der Waals surface area contributed by atoms with Crippen molar-refractivity contribution < 1.29 is 0 Å². The van der Waals surface area contributed by atoms with Crippen LogP contribution in [0.2, 0.25) is 5.15 Å². The maximum atomic E-state index is 11.9. The van der Waals surface area contributed by atoms with Gasteiger partial charge in [0.25, 0.3) is 5.56 Å². The number of hydrogen-bond donors (Lipinski definition) is 1. The molecule has 5 heteroatoms. The molecule has 0 amide bonds. The molecule has 0 saturated heterocycles. The first-order valence-electron chi connectivity index (χ1n) is 6.59. The highest BCUT2D eigenvalue weighted by atomic mass is 35.5. The average molecular weight is 271 g/mol. The molecule has 1 aliphatic carbocycles. The first-order valence-corrected chi connectivity index (χ1v) is 6.96. The molecule has 1 aromatic heterocycles. The molecule has 0 spiro atoms. The van der Waals surface area contributed by atoms with Crippen LogP contribution in [-0.4, -0.2) is 9.55 Å². The van der Waals surface area contributed by atoms with Crippen molar-refractivity contribution in [3.05, 3.63) is 31.6 Å². The minimum atomic E-state index is -0.401. The SMILES string of the molecule is Cc1c(Cl)[nH]c(=O)n(CCCC2CCCC2)c1=O. The van der Waals surface area contributed by atoms with Crippen molar-refractivity contribution in [2.75, 3.05) is 0 Å². The van der Waals surface area contributed by atoms with Crippen molar-refractivity contribution >= 4 is 11.6 Å². The van der Waals surface area contributed by atoms with E-state index in [1.807, 2.05) is 0 Å². The number of nitrogens with one attached hydrogen (secondary N) is 1. The van der Waals surface area contributed by atoms with Gasteiger partial charge in [-0.15, -0.1) is 0 Å². The third-order valence-electron chi connectivity index (χ3n) is 3.83. The molecule has 4 nitrogen and oxygen atoms in total. The van der Waals surface area contributed by atoms with E-state index in [9.17, 15) is 9.59 Å². The molecule has 1 saturated carbocycles. The maximum Gasteiger partial charge on any atom is 0.329 e. The number of aromatic nitrogens is 2. The molecule has 1 aliphatic rings. The molecule has 1 aromatic rings. The van der Waals surface area contributed by atoms with Crippen molar-refractivity contribution in [1.82, 2.24) is 9.55 Å². The summed E-state index contributed by atoms with van der Waals surface area (Å²) < 4.78 is 1.26. The van der Waals surface area contributed by atoms with Crippen molar-refractivity contribution in [1.29, 1.82) is 0 Å². The lowest BCUT2D eigenvalue weighted by molar-refractivity contribution is 0.449. The Morgan fingerprint density at radius 3 is 2.67 bits per heavy atom. The molecule has 1 N–H and O–H groups in total. The van der Waals surface area contributed by atoms with E-state index in [1.165, 1.54) is 30.3 Å². The van der Waals surface area contributed by atoms with Crippen LogP contribution in [0.3, 0.4) is 0 Å². The van der Waals surface area contributed by atoms with Crippen LogP contribution in [0.5, 0.6) is 0 Å².